The number of aliphatic hydroxyl groups is 1. The van der Waals surface area contributed by atoms with E-state index < -0.39 is 0 Å². The van der Waals surface area contributed by atoms with Crippen LogP contribution in [-0.2, 0) is 6.61 Å². The van der Waals surface area contributed by atoms with Gasteiger partial charge in [0.2, 0.25) is 0 Å². The van der Waals surface area contributed by atoms with E-state index in [0.29, 0.717) is 5.69 Å². The van der Waals surface area contributed by atoms with Crippen LogP contribution in [0.1, 0.15) is 11.1 Å². The number of benzene rings is 1. The number of aromatic nitrogens is 2. The van der Waals surface area contributed by atoms with Crippen molar-refractivity contribution in [3.05, 3.63) is 53.9 Å². The summed E-state index contributed by atoms with van der Waals surface area (Å²) >= 11 is 0. The van der Waals surface area contributed by atoms with Crippen LogP contribution in [0.2, 0.25) is 0 Å². The standard InChI is InChI=1S/C16H15N3O/c1-10-2-3-11-5-13(9-20)16(19-15(11)4-10)12-6-14(17)8-18-7-12/h2-8,20H,9,17H2,1H3. The van der Waals surface area contributed by atoms with E-state index in [9.17, 15) is 5.11 Å². The molecule has 3 aromatic rings. The van der Waals surface area contributed by atoms with E-state index in [0.717, 1.165) is 33.3 Å². The maximum Gasteiger partial charge on any atom is 0.0781 e. The molecule has 0 aliphatic rings. The molecule has 0 aliphatic heterocycles. The maximum absolute atomic E-state index is 9.57. The number of hydrogen-bond donors (Lipinski definition) is 2. The highest BCUT2D eigenvalue weighted by molar-refractivity contribution is 5.84. The van der Waals surface area contributed by atoms with Crippen molar-refractivity contribution < 1.29 is 5.11 Å². The van der Waals surface area contributed by atoms with Crippen molar-refractivity contribution in [2.75, 3.05) is 5.73 Å². The van der Waals surface area contributed by atoms with Crippen LogP contribution in [0.5, 0.6) is 0 Å². The predicted octanol–water partition coefficient (Wildman–Crippen LogP) is 2.68. The Kier molecular flexibility index (Phi) is 3.08. The third-order valence-electron chi connectivity index (χ3n) is 3.26. The van der Waals surface area contributed by atoms with Gasteiger partial charge in [0.25, 0.3) is 0 Å². The first-order chi connectivity index (χ1) is 9.67. The van der Waals surface area contributed by atoms with E-state index in [1.807, 2.05) is 37.3 Å². The van der Waals surface area contributed by atoms with Crippen molar-refractivity contribution in [3.8, 4) is 11.3 Å². The van der Waals surface area contributed by atoms with Gasteiger partial charge in [0.1, 0.15) is 0 Å². The molecule has 0 aliphatic carbocycles. The van der Waals surface area contributed by atoms with Crippen LogP contribution in [-0.4, -0.2) is 15.1 Å². The Morgan fingerprint density at radius 3 is 2.75 bits per heavy atom. The van der Waals surface area contributed by atoms with E-state index in [-0.39, 0.29) is 6.61 Å². The van der Waals surface area contributed by atoms with Crippen molar-refractivity contribution in [2.45, 2.75) is 13.5 Å². The Labute approximate surface area is 116 Å². The summed E-state index contributed by atoms with van der Waals surface area (Å²) in [5, 5.41) is 10.6. The van der Waals surface area contributed by atoms with E-state index in [4.69, 9.17) is 5.73 Å². The molecule has 0 spiro atoms. The first-order valence-corrected chi connectivity index (χ1v) is 6.39. The summed E-state index contributed by atoms with van der Waals surface area (Å²) in [5.41, 5.74) is 10.7. The third kappa shape index (κ3) is 2.21. The number of fused-ring (bicyclic) bond motifs is 1. The zero-order valence-corrected chi connectivity index (χ0v) is 11.2. The smallest absolute Gasteiger partial charge is 0.0781 e. The topological polar surface area (TPSA) is 72.0 Å². The minimum absolute atomic E-state index is 0.0685. The minimum atomic E-state index is -0.0685. The van der Waals surface area contributed by atoms with Gasteiger partial charge < -0.3 is 10.8 Å². The normalized spacial score (nSPS) is 10.9. The number of nitrogens with zero attached hydrogens (tertiary/aromatic N) is 2. The van der Waals surface area contributed by atoms with Crippen molar-refractivity contribution in [1.29, 1.82) is 0 Å². The first-order valence-electron chi connectivity index (χ1n) is 6.39. The number of hydrogen-bond acceptors (Lipinski definition) is 4. The van der Waals surface area contributed by atoms with Gasteiger partial charge in [0.05, 0.1) is 23.5 Å². The number of anilines is 1. The molecular weight excluding hydrogens is 250 g/mol. The van der Waals surface area contributed by atoms with Crippen LogP contribution < -0.4 is 5.73 Å². The zero-order valence-electron chi connectivity index (χ0n) is 11.2. The maximum atomic E-state index is 9.57. The molecule has 4 nitrogen and oxygen atoms in total. The largest absolute Gasteiger partial charge is 0.397 e. The van der Waals surface area contributed by atoms with Crippen LogP contribution in [0, 0.1) is 6.92 Å². The molecule has 100 valence electrons. The van der Waals surface area contributed by atoms with Gasteiger partial charge in [0.15, 0.2) is 0 Å². The van der Waals surface area contributed by atoms with E-state index in [1.165, 1.54) is 0 Å². The molecule has 20 heavy (non-hydrogen) atoms. The van der Waals surface area contributed by atoms with Gasteiger partial charge in [-0.05, 0) is 30.7 Å². The average Bonchev–Trinajstić information content (AvgIpc) is 2.45. The van der Waals surface area contributed by atoms with E-state index >= 15 is 0 Å². The Balaban J connectivity index is 2.27. The van der Waals surface area contributed by atoms with Crippen LogP contribution in [0.15, 0.2) is 42.7 Å². The molecule has 0 unspecified atom stereocenters. The minimum Gasteiger partial charge on any atom is -0.397 e. The molecule has 0 radical (unpaired) electrons. The lowest BCUT2D eigenvalue weighted by molar-refractivity contribution is 0.282. The number of aliphatic hydroxyl groups excluding tert-OH is 1. The summed E-state index contributed by atoms with van der Waals surface area (Å²) in [4.78, 5) is 8.75. The highest BCUT2D eigenvalue weighted by atomic mass is 16.3. The van der Waals surface area contributed by atoms with Gasteiger partial charge in [-0.15, -0.1) is 0 Å². The van der Waals surface area contributed by atoms with Gasteiger partial charge in [0, 0.05) is 28.9 Å². The molecule has 0 bridgehead atoms. The van der Waals surface area contributed by atoms with Gasteiger partial charge in [-0.25, -0.2) is 4.98 Å². The summed E-state index contributed by atoms with van der Waals surface area (Å²) in [6, 6.07) is 9.85. The lowest BCUT2D eigenvalue weighted by Crippen LogP contribution is -1.96. The monoisotopic (exact) mass is 265 g/mol. The Hall–Kier alpha value is -2.46. The zero-order chi connectivity index (χ0) is 14.1. The molecule has 0 saturated heterocycles. The summed E-state index contributed by atoms with van der Waals surface area (Å²) in [6.07, 6.45) is 3.30. The molecule has 4 heteroatoms. The van der Waals surface area contributed by atoms with E-state index in [1.54, 1.807) is 12.4 Å². The Morgan fingerprint density at radius 1 is 1.15 bits per heavy atom. The molecule has 2 heterocycles. The molecule has 3 N–H and O–H groups in total. The second-order valence-electron chi connectivity index (χ2n) is 4.86. The van der Waals surface area contributed by atoms with Crippen molar-refractivity contribution in [2.24, 2.45) is 0 Å². The number of nitrogen functional groups attached to an aromatic ring is 1. The summed E-state index contributed by atoms with van der Waals surface area (Å²) in [5.74, 6) is 0. The van der Waals surface area contributed by atoms with Gasteiger partial charge in [-0.1, -0.05) is 12.1 Å². The van der Waals surface area contributed by atoms with Gasteiger partial charge in [-0.3, -0.25) is 4.98 Å². The molecule has 2 aromatic heterocycles. The molecule has 3 rings (SSSR count). The van der Waals surface area contributed by atoms with Crippen LogP contribution in [0.25, 0.3) is 22.2 Å². The molecule has 1 aromatic carbocycles. The molecule has 0 amide bonds. The highest BCUT2D eigenvalue weighted by Gasteiger charge is 2.09. The quantitative estimate of drug-likeness (QED) is 0.747. The average molecular weight is 265 g/mol. The summed E-state index contributed by atoms with van der Waals surface area (Å²) in [7, 11) is 0. The number of aryl methyl sites for hydroxylation is 1. The highest BCUT2D eigenvalue weighted by Crippen LogP contribution is 2.26. The van der Waals surface area contributed by atoms with Gasteiger partial charge >= 0.3 is 0 Å². The lowest BCUT2D eigenvalue weighted by Gasteiger charge is -2.09. The van der Waals surface area contributed by atoms with Crippen LogP contribution in [0.3, 0.4) is 0 Å². The van der Waals surface area contributed by atoms with Crippen LogP contribution in [0.4, 0.5) is 5.69 Å². The van der Waals surface area contributed by atoms with Crippen LogP contribution >= 0.6 is 0 Å². The second-order valence-corrected chi connectivity index (χ2v) is 4.86. The number of pyridine rings is 2. The third-order valence-corrected chi connectivity index (χ3v) is 3.26. The molecular formula is C16H15N3O. The fourth-order valence-corrected chi connectivity index (χ4v) is 2.28. The SMILES string of the molecule is Cc1ccc2cc(CO)c(-c3cncc(N)c3)nc2c1. The molecule has 0 fully saturated rings. The van der Waals surface area contributed by atoms with Crippen molar-refractivity contribution >= 4 is 16.6 Å². The Morgan fingerprint density at radius 2 is 2.00 bits per heavy atom. The lowest BCUT2D eigenvalue weighted by atomic mass is 10.0. The first kappa shape index (κ1) is 12.6. The molecule has 0 saturated carbocycles. The predicted molar refractivity (Wildman–Crippen MR) is 80.0 cm³/mol. The number of rotatable bonds is 2. The fraction of sp³-hybridized carbons (Fsp3) is 0.125. The number of nitrogens with two attached hydrogens (primary N) is 1. The summed E-state index contributed by atoms with van der Waals surface area (Å²) < 4.78 is 0. The van der Waals surface area contributed by atoms with Gasteiger partial charge in [-0.2, -0.15) is 0 Å². The van der Waals surface area contributed by atoms with Crippen molar-refractivity contribution in [3.63, 3.8) is 0 Å². The van der Waals surface area contributed by atoms with Crippen molar-refractivity contribution in [1.82, 2.24) is 9.97 Å². The molecule has 0 atom stereocenters. The van der Waals surface area contributed by atoms with E-state index in [2.05, 4.69) is 9.97 Å². The summed E-state index contributed by atoms with van der Waals surface area (Å²) in [6.45, 7) is 1.96. The second kappa shape index (κ2) is 4.90. The Bertz CT molecular complexity index is 784. The fourth-order valence-electron chi connectivity index (χ4n) is 2.28.